The van der Waals surface area contributed by atoms with Crippen molar-refractivity contribution >= 4 is 16.8 Å². The van der Waals surface area contributed by atoms with Crippen molar-refractivity contribution in [1.29, 1.82) is 0 Å². The van der Waals surface area contributed by atoms with Gasteiger partial charge in [0.15, 0.2) is 0 Å². The molecular formula is C19H23N5O. The van der Waals surface area contributed by atoms with Crippen molar-refractivity contribution in [2.45, 2.75) is 45.7 Å². The molecule has 0 aliphatic carbocycles. The Balaban J connectivity index is 1.65. The maximum Gasteiger partial charge on any atom is 0.256 e. The van der Waals surface area contributed by atoms with Gasteiger partial charge >= 0.3 is 0 Å². The van der Waals surface area contributed by atoms with Crippen LogP contribution in [0, 0.1) is 13.8 Å². The van der Waals surface area contributed by atoms with Crippen LogP contribution in [0.4, 0.5) is 0 Å². The molecule has 0 spiro atoms. The van der Waals surface area contributed by atoms with Crippen molar-refractivity contribution in [3.8, 4) is 0 Å². The summed E-state index contributed by atoms with van der Waals surface area (Å²) >= 11 is 0. The zero-order valence-electron chi connectivity index (χ0n) is 14.7. The van der Waals surface area contributed by atoms with Crippen LogP contribution in [-0.2, 0) is 6.54 Å². The van der Waals surface area contributed by atoms with Crippen molar-refractivity contribution in [2.24, 2.45) is 0 Å². The molecule has 1 amide bonds. The lowest BCUT2D eigenvalue weighted by Gasteiger charge is -2.36. The van der Waals surface area contributed by atoms with Gasteiger partial charge in [0.25, 0.3) is 5.91 Å². The molecule has 0 radical (unpaired) electrons. The largest absolute Gasteiger partial charge is 0.334 e. The number of nitrogens with zero attached hydrogens (tertiary/aromatic N) is 4. The molecule has 1 unspecified atom stereocenters. The lowest BCUT2D eigenvalue weighted by molar-refractivity contribution is 0.0585. The number of aromatic nitrogens is 4. The van der Waals surface area contributed by atoms with Gasteiger partial charge in [-0.2, -0.15) is 10.2 Å². The number of fused-ring (bicyclic) bond motifs is 1. The van der Waals surface area contributed by atoms with Crippen molar-refractivity contribution in [1.82, 2.24) is 24.9 Å². The summed E-state index contributed by atoms with van der Waals surface area (Å²) in [5, 5.41) is 12.5. The van der Waals surface area contributed by atoms with E-state index in [4.69, 9.17) is 0 Å². The number of hydrogen-bond acceptors (Lipinski definition) is 3. The van der Waals surface area contributed by atoms with Crippen LogP contribution in [0.15, 0.2) is 30.7 Å². The van der Waals surface area contributed by atoms with E-state index >= 15 is 0 Å². The van der Waals surface area contributed by atoms with Crippen LogP contribution in [0.3, 0.4) is 0 Å². The van der Waals surface area contributed by atoms with E-state index < -0.39 is 0 Å². The molecule has 0 saturated carbocycles. The summed E-state index contributed by atoms with van der Waals surface area (Å²) in [5.74, 6) is 0.0894. The number of aryl methyl sites for hydroxylation is 2. The molecule has 1 fully saturated rings. The first-order chi connectivity index (χ1) is 12.1. The Kier molecular flexibility index (Phi) is 4.03. The van der Waals surface area contributed by atoms with Crippen LogP contribution < -0.4 is 0 Å². The highest BCUT2D eigenvalue weighted by molar-refractivity contribution is 6.05. The standard InChI is InChI=1S/C19H23N5O/c1-13-7-15-10-20-22-18(15)17(8-13)19(25)24-6-4-3-5-16(24)12-23-11-14(2)9-21-23/h7-11,16H,3-6,12H2,1-2H3,(H,20,22). The van der Waals surface area contributed by atoms with Crippen molar-refractivity contribution in [3.63, 3.8) is 0 Å². The van der Waals surface area contributed by atoms with Gasteiger partial charge in [-0.05, 0) is 56.4 Å². The van der Waals surface area contributed by atoms with E-state index in [0.29, 0.717) is 0 Å². The predicted molar refractivity (Wildman–Crippen MR) is 96.5 cm³/mol. The molecular weight excluding hydrogens is 314 g/mol. The first kappa shape index (κ1) is 15.9. The summed E-state index contributed by atoms with van der Waals surface area (Å²) in [6, 6.07) is 4.20. The highest BCUT2D eigenvalue weighted by atomic mass is 16.2. The van der Waals surface area contributed by atoms with Crippen LogP contribution in [0.5, 0.6) is 0 Å². The summed E-state index contributed by atoms with van der Waals surface area (Å²) in [5.41, 5.74) is 3.77. The lowest BCUT2D eigenvalue weighted by atomic mass is 9.99. The van der Waals surface area contributed by atoms with E-state index in [-0.39, 0.29) is 11.9 Å². The van der Waals surface area contributed by atoms with E-state index in [1.807, 2.05) is 41.9 Å². The summed E-state index contributed by atoms with van der Waals surface area (Å²) in [7, 11) is 0. The molecule has 1 aliphatic rings. The van der Waals surface area contributed by atoms with Gasteiger partial charge in [-0.25, -0.2) is 0 Å². The molecule has 3 aromatic rings. The molecule has 2 aromatic heterocycles. The second-order valence-corrected chi connectivity index (χ2v) is 7.03. The van der Waals surface area contributed by atoms with Crippen LogP contribution in [0.2, 0.25) is 0 Å². The number of carbonyl (C=O) groups is 1. The third kappa shape index (κ3) is 3.04. The third-order valence-electron chi connectivity index (χ3n) is 4.97. The van der Waals surface area contributed by atoms with Crippen LogP contribution in [0.1, 0.15) is 40.7 Å². The third-order valence-corrected chi connectivity index (χ3v) is 4.97. The van der Waals surface area contributed by atoms with Crippen molar-refractivity contribution in [3.05, 3.63) is 47.4 Å². The normalized spacial score (nSPS) is 18.0. The Labute approximate surface area is 146 Å². The van der Waals surface area contributed by atoms with Gasteiger partial charge in [-0.15, -0.1) is 0 Å². The SMILES string of the molecule is Cc1cc(C(=O)N2CCCCC2Cn2cc(C)cn2)c2[nH]ncc2c1. The number of benzene rings is 1. The van der Waals surface area contributed by atoms with E-state index in [0.717, 1.165) is 59.9 Å². The topological polar surface area (TPSA) is 66.8 Å². The number of aromatic amines is 1. The average molecular weight is 337 g/mol. The molecule has 6 nitrogen and oxygen atoms in total. The Hall–Kier alpha value is -2.63. The Morgan fingerprint density at radius 3 is 2.92 bits per heavy atom. The van der Waals surface area contributed by atoms with Crippen LogP contribution in [0.25, 0.3) is 10.9 Å². The number of piperidine rings is 1. The highest BCUT2D eigenvalue weighted by Gasteiger charge is 2.29. The maximum absolute atomic E-state index is 13.3. The fourth-order valence-electron chi connectivity index (χ4n) is 3.77. The quantitative estimate of drug-likeness (QED) is 0.799. The first-order valence-electron chi connectivity index (χ1n) is 8.85. The lowest BCUT2D eigenvalue weighted by Crippen LogP contribution is -2.46. The minimum Gasteiger partial charge on any atom is -0.334 e. The van der Waals surface area contributed by atoms with Gasteiger partial charge in [0, 0.05) is 18.1 Å². The monoisotopic (exact) mass is 337 g/mol. The zero-order valence-corrected chi connectivity index (χ0v) is 14.7. The number of likely N-dealkylation sites (tertiary alicyclic amines) is 1. The number of amides is 1. The summed E-state index contributed by atoms with van der Waals surface area (Å²) in [6.07, 6.45) is 8.91. The van der Waals surface area contributed by atoms with E-state index in [1.54, 1.807) is 6.20 Å². The maximum atomic E-state index is 13.3. The number of carbonyl (C=O) groups excluding carboxylic acids is 1. The van der Waals surface area contributed by atoms with Crippen molar-refractivity contribution in [2.75, 3.05) is 6.54 Å². The number of H-pyrrole nitrogens is 1. The molecule has 3 heterocycles. The molecule has 6 heteroatoms. The Bertz CT molecular complexity index is 910. The molecule has 1 aliphatic heterocycles. The van der Waals surface area contributed by atoms with Crippen molar-refractivity contribution < 1.29 is 4.79 Å². The minimum absolute atomic E-state index is 0.0894. The van der Waals surface area contributed by atoms with E-state index in [2.05, 4.69) is 21.4 Å². The number of nitrogens with one attached hydrogen (secondary N) is 1. The molecule has 1 atom stereocenters. The Morgan fingerprint density at radius 1 is 1.24 bits per heavy atom. The number of hydrogen-bond donors (Lipinski definition) is 1. The zero-order chi connectivity index (χ0) is 17.4. The van der Waals surface area contributed by atoms with Crippen LogP contribution in [-0.4, -0.2) is 43.4 Å². The minimum atomic E-state index is 0.0894. The van der Waals surface area contributed by atoms with Crippen LogP contribution >= 0.6 is 0 Å². The van der Waals surface area contributed by atoms with Gasteiger partial charge in [0.1, 0.15) is 0 Å². The van der Waals surface area contributed by atoms with Gasteiger partial charge in [0.05, 0.1) is 36.1 Å². The average Bonchev–Trinajstić information content (AvgIpc) is 3.22. The van der Waals surface area contributed by atoms with Gasteiger partial charge in [0.2, 0.25) is 0 Å². The molecule has 1 saturated heterocycles. The van der Waals surface area contributed by atoms with E-state index in [1.165, 1.54) is 0 Å². The van der Waals surface area contributed by atoms with Gasteiger partial charge in [-0.3, -0.25) is 14.6 Å². The molecule has 25 heavy (non-hydrogen) atoms. The predicted octanol–water partition coefficient (Wildman–Crippen LogP) is 3.07. The summed E-state index contributed by atoms with van der Waals surface area (Å²) in [4.78, 5) is 15.3. The molecule has 1 N–H and O–H groups in total. The Morgan fingerprint density at radius 2 is 2.12 bits per heavy atom. The second-order valence-electron chi connectivity index (χ2n) is 7.03. The summed E-state index contributed by atoms with van der Waals surface area (Å²) < 4.78 is 1.95. The fourth-order valence-corrected chi connectivity index (χ4v) is 3.77. The highest BCUT2D eigenvalue weighted by Crippen LogP contribution is 2.25. The smallest absolute Gasteiger partial charge is 0.256 e. The van der Waals surface area contributed by atoms with Gasteiger partial charge < -0.3 is 4.90 Å². The molecule has 0 bridgehead atoms. The summed E-state index contributed by atoms with van der Waals surface area (Å²) in [6.45, 7) is 5.60. The number of rotatable bonds is 3. The van der Waals surface area contributed by atoms with E-state index in [9.17, 15) is 4.79 Å². The molecule has 130 valence electrons. The fraction of sp³-hybridized carbons (Fsp3) is 0.421. The molecule has 4 rings (SSSR count). The van der Waals surface area contributed by atoms with Gasteiger partial charge in [-0.1, -0.05) is 0 Å². The molecule has 1 aromatic carbocycles. The first-order valence-corrected chi connectivity index (χ1v) is 8.85. The second kappa shape index (κ2) is 6.35.